The van der Waals surface area contributed by atoms with Crippen molar-refractivity contribution >= 4 is 10.0 Å². The number of aromatic nitrogens is 1. The van der Waals surface area contributed by atoms with Gasteiger partial charge in [-0.05, 0) is 47.9 Å². The summed E-state index contributed by atoms with van der Waals surface area (Å²) in [6, 6.07) is 11.5. The largest absolute Gasteiger partial charge is 0.253 e. The fourth-order valence-electron chi connectivity index (χ4n) is 1.58. The van der Waals surface area contributed by atoms with Crippen LogP contribution in [-0.4, -0.2) is 23.8 Å². The molecule has 1 heterocycles. The third-order valence-corrected chi connectivity index (χ3v) is 4.27. The van der Waals surface area contributed by atoms with Gasteiger partial charge in [0.05, 0.1) is 11.9 Å². The van der Waals surface area contributed by atoms with Gasteiger partial charge in [0.15, 0.2) is 0 Å². The van der Waals surface area contributed by atoms with E-state index in [1.807, 2.05) is 12.1 Å². The summed E-state index contributed by atoms with van der Waals surface area (Å²) in [5.74, 6) is -0.301. The Balaban J connectivity index is 2.33. The summed E-state index contributed by atoms with van der Waals surface area (Å²) < 4.78 is 12.8. The Hall–Kier alpha value is -1.35. The summed E-state index contributed by atoms with van der Waals surface area (Å²) in [7, 11) is -0.689. The van der Waals surface area contributed by atoms with E-state index in [0.29, 0.717) is 0 Å². The van der Waals surface area contributed by atoms with Gasteiger partial charge in [0.25, 0.3) is 0 Å². The van der Waals surface area contributed by atoms with Crippen LogP contribution in [0, 0.1) is 5.82 Å². The highest BCUT2D eigenvalue weighted by Crippen LogP contribution is 2.45. The van der Waals surface area contributed by atoms with Gasteiger partial charge in [-0.2, -0.15) is 0 Å². The monoisotopic (exact) mass is 249 g/mol. The minimum atomic E-state index is -0.689. The second-order valence-corrected chi connectivity index (χ2v) is 8.87. The second kappa shape index (κ2) is 4.49. The standard InChI is InChI=1S/C14H16FNS/c1-17(2,3)13-7-4-11(5-8-13)14-9-6-12(15)10-16-14/h4-10H,1-3H3. The van der Waals surface area contributed by atoms with Gasteiger partial charge < -0.3 is 0 Å². The van der Waals surface area contributed by atoms with Crippen molar-refractivity contribution in [2.75, 3.05) is 18.8 Å². The molecule has 1 nitrogen and oxygen atoms in total. The number of pyridine rings is 1. The van der Waals surface area contributed by atoms with E-state index in [0.717, 1.165) is 11.3 Å². The lowest BCUT2D eigenvalue weighted by Gasteiger charge is -2.25. The number of benzene rings is 1. The highest BCUT2D eigenvalue weighted by Gasteiger charge is 2.08. The van der Waals surface area contributed by atoms with Gasteiger partial charge in [0.1, 0.15) is 5.82 Å². The second-order valence-electron chi connectivity index (χ2n) is 4.72. The molecule has 0 bridgehead atoms. The van der Waals surface area contributed by atoms with Crippen LogP contribution < -0.4 is 0 Å². The predicted octanol–water partition coefficient (Wildman–Crippen LogP) is 3.94. The molecule has 2 aromatic rings. The normalized spacial score (nSPS) is 12.5. The summed E-state index contributed by atoms with van der Waals surface area (Å²) in [4.78, 5) is 5.44. The summed E-state index contributed by atoms with van der Waals surface area (Å²) in [6.45, 7) is 0. The molecule has 0 amide bonds. The van der Waals surface area contributed by atoms with Crippen LogP contribution >= 0.6 is 10.0 Å². The molecule has 0 saturated carbocycles. The molecule has 0 unspecified atom stereocenters. The fourth-order valence-corrected chi connectivity index (χ4v) is 2.53. The molecule has 17 heavy (non-hydrogen) atoms. The molecule has 0 fully saturated rings. The zero-order valence-electron chi connectivity index (χ0n) is 10.3. The van der Waals surface area contributed by atoms with E-state index in [1.165, 1.54) is 17.2 Å². The van der Waals surface area contributed by atoms with Crippen molar-refractivity contribution in [3.05, 3.63) is 48.4 Å². The van der Waals surface area contributed by atoms with Crippen LogP contribution in [0.15, 0.2) is 47.5 Å². The number of hydrogen-bond donors (Lipinski definition) is 0. The van der Waals surface area contributed by atoms with Crippen molar-refractivity contribution in [3.8, 4) is 11.3 Å². The zero-order valence-corrected chi connectivity index (χ0v) is 11.1. The summed E-state index contributed by atoms with van der Waals surface area (Å²) in [6.07, 6.45) is 8.03. The smallest absolute Gasteiger partial charge is 0.141 e. The molecule has 0 saturated heterocycles. The molecule has 0 aliphatic carbocycles. The van der Waals surface area contributed by atoms with Gasteiger partial charge in [0, 0.05) is 5.56 Å². The Morgan fingerprint density at radius 3 is 2.06 bits per heavy atom. The molecular weight excluding hydrogens is 233 g/mol. The highest BCUT2D eigenvalue weighted by molar-refractivity contribution is 8.32. The minimum absolute atomic E-state index is 0.301. The maximum Gasteiger partial charge on any atom is 0.141 e. The van der Waals surface area contributed by atoms with Gasteiger partial charge in [-0.3, -0.25) is 4.98 Å². The average molecular weight is 249 g/mol. The lowest BCUT2D eigenvalue weighted by atomic mass is 10.1. The van der Waals surface area contributed by atoms with E-state index in [1.54, 1.807) is 6.07 Å². The quantitative estimate of drug-likeness (QED) is 0.785. The van der Waals surface area contributed by atoms with Gasteiger partial charge in [-0.25, -0.2) is 14.4 Å². The molecule has 0 aliphatic heterocycles. The van der Waals surface area contributed by atoms with Crippen molar-refractivity contribution < 1.29 is 4.39 Å². The summed E-state index contributed by atoms with van der Waals surface area (Å²) in [5, 5.41) is 0. The number of halogens is 1. The van der Waals surface area contributed by atoms with Crippen LogP contribution in [0.5, 0.6) is 0 Å². The first kappa shape index (κ1) is 12.1. The average Bonchev–Trinajstić information content (AvgIpc) is 2.29. The Morgan fingerprint density at radius 2 is 1.59 bits per heavy atom. The molecule has 0 aliphatic rings. The maximum atomic E-state index is 12.8. The SMILES string of the molecule is CS(C)(C)c1ccc(-c2ccc(F)cn2)cc1. The van der Waals surface area contributed by atoms with E-state index in [2.05, 4.69) is 35.9 Å². The Bertz CT molecular complexity index is 497. The molecule has 1 aromatic carbocycles. The number of nitrogens with zero attached hydrogens (tertiary/aromatic N) is 1. The molecule has 0 spiro atoms. The molecule has 0 N–H and O–H groups in total. The third kappa shape index (κ3) is 2.86. The summed E-state index contributed by atoms with van der Waals surface area (Å²) >= 11 is 0. The van der Waals surface area contributed by atoms with Crippen LogP contribution in [0.3, 0.4) is 0 Å². The maximum absolute atomic E-state index is 12.8. The first-order valence-corrected chi connectivity index (χ1v) is 8.23. The van der Waals surface area contributed by atoms with Crippen LogP contribution in [0.25, 0.3) is 11.3 Å². The van der Waals surface area contributed by atoms with E-state index >= 15 is 0 Å². The number of rotatable bonds is 2. The molecular formula is C14H16FNS. The summed E-state index contributed by atoms with van der Waals surface area (Å²) in [5.41, 5.74) is 1.83. The lowest BCUT2D eigenvalue weighted by Crippen LogP contribution is -1.92. The van der Waals surface area contributed by atoms with Crippen molar-refractivity contribution in [1.82, 2.24) is 4.98 Å². The van der Waals surface area contributed by atoms with E-state index < -0.39 is 10.0 Å². The Morgan fingerprint density at radius 1 is 0.941 bits per heavy atom. The van der Waals surface area contributed by atoms with Gasteiger partial charge in [-0.15, -0.1) is 0 Å². The van der Waals surface area contributed by atoms with Crippen molar-refractivity contribution in [3.63, 3.8) is 0 Å². The van der Waals surface area contributed by atoms with Crippen molar-refractivity contribution in [2.45, 2.75) is 4.90 Å². The molecule has 2 rings (SSSR count). The Labute approximate surface area is 103 Å². The first-order chi connectivity index (χ1) is 7.97. The van der Waals surface area contributed by atoms with E-state index in [-0.39, 0.29) is 5.82 Å². The van der Waals surface area contributed by atoms with Crippen LogP contribution in [0.2, 0.25) is 0 Å². The molecule has 1 aromatic heterocycles. The van der Waals surface area contributed by atoms with Crippen molar-refractivity contribution in [2.24, 2.45) is 0 Å². The minimum Gasteiger partial charge on any atom is -0.253 e. The van der Waals surface area contributed by atoms with Gasteiger partial charge in [0.2, 0.25) is 0 Å². The van der Waals surface area contributed by atoms with Crippen LogP contribution in [-0.2, 0) is 0 Å². The first-order valence-electron chi connectivity index (χ1n) is 5.37. The Kier molecular flexibility index (Phi) is 3.20. The highest BCUT2D eigenvalue weighted by atomic mass is 32.3. The molecule has 0 atom stereocenters. The molecule has 0 radical (unpaired) electrons. The molecule has 90 valence electrons. The number of hydrogen-bond acceptors (Lipinski definition) is 1. The van der Waals surface area contributed by atoms with Gasteiger partial charge in [-0.1, -0.05) is 12.1 Å². The topological polar surface area (TPSA) is 12.9 Å². The predicted molar refractivity (Wildman–Crippen MR) is 73.3 cm³/mol. The van der Waals surface area contributed by atoms with Crippen LogP contribution in [0.1, 0.15) is 0 Å². The van der Waals surface area contributed by atoms with Gasteiger partial charge >= 0.3 is 0 Å². The molecule has 3 heteroatoms. The third-order valence-electron chi connectivity index (χ3n) is 2.58. The van der Waals surface area contributed by atoms with Crippen LogP contribution in [0.4, 0.5) is 4.39 Å². The zero-order chi connectivity index (χ0) is 12.5. The van der Waals surface area contributed by atoms with Crippen molar-refractivity contribution in [1.29, 1.82) is 0 Å². The van der Waals surface area contributed by atoms with E-state index in [4.69, 9.17) is 0 Å². The van der Waals surface area contributed by atoms with E-state index in [9.17, 15) is 4.39 Å². The lowest BCUT2D eigenvalue weighted by molar-refractivity contribution is 0.622. The fraction of sp³-hybridized carbons (Fsp3) is 0.214.